The van der Waals surface area contributed by atoms with Crippen molar-refractivity contribution >= 4 is 11.9 Å². The van der Waals surface area contributed by atoms with Crippen molar-refractivity contribution in [3.05, 3.63) is 65.2 Å². The number of aliphatic imine (C=N–C) groups is 1. The van der Waals surface area contributed by atoms with Gasteiger partial charge in [0.05, 0.1) is 6.04 Å². The Morgan fingerprint density at radius 1 is 1.14 bits per heavy atom. The SMILES string of the molecule is CCNC(=O)COc1cccc(CNC(=NC)NC(C)c2ccc(F)c(F)c2)c1. The molecule has 0 aliphatic heterocycles. The number of hydrogen-bond donors (Lipinski definition) is 3. The van der Waals surface area contributed by atoms with Gasteiger partial charge in [0.1, 0.15) is 5.75 Å². The molecule has 0 aliphatic carbocycles. The largest absolute Gasteiger partial charge is 0.484 e. The van der Waals surface area contributed by atoms with Crippen molar-refractivity contribution in [1.82, 2.24) is 16.0 Å². The lowest BCUT2D eigenvalue weighted by atomic mass is 10.1. The van der Waals surface area contributed by atoms with E-state index in [4.69, 9.17) is 4.74 Å². The third-order valence-corrected chi connectivity index (χ3v) is 4.12. The van der Waals surface area contributed by atoms with Gasteiger partial charge in [0.15, 0.2) is 24.2 Å². The lowest BCUT2D eigenvalue weighted by Gasteiger charge is -2.18. The van der Waals surface area contributed by atoms with E-state index >= 15 is 0 Å². The topological polar surface area (TPSA) is 74.8 Å². The van der Waals surface area contributed by atoms with E-state index in [1.807, 2.05) is 32.0 Å². The van der Waals surface area contributed by atoms with E-state index < -0.39 is 11.6 Å². The minimum Gasteiger partial charge on any atom is -0.484 e. The predicted octanol–water partition coefficient (Wildman–Crippen LogP) is 2.91. The molecule has 1 amide bonds. The van der Waals surface area contributed by atoms with Crippen LogP contribution >= 0.6 is 0 Å². The minimum atomic E-state index is -0.886. The van der Waals surface area contributed by atoms with Crippen molar-refractivity contribution in [3.8, 4) is 5.75 Å². The van der Waals surface area contributed by atoms with Crippen LogP contribution in [0.1, 0.15) is 31.0 Å². The van der Waals surface area contributed by atoms with Crippen molar-refractivity contribution in [3.63, 3.8) is 0 Å². The van der Waals surface area contributed by atoms with Crippen LogP contribution in [0, 0.1) is 11.6 Å². The lowest BCUT2D eigenvalue weighted by Crippen LogP contribution is -2.38. The van der Waals surface area contributed by atoms with Gasteiger partial charge in [-0.15, -0.1) is 0 Å². The number of carbonyl (C=O) groups excluding carboxylic acids is 1. The van der Waals surface area contributed by atoms with E-state index in [1.54, 1.807) is 13.1 Å². The van der Waals surface area contributed by atoms with Gasteiger partial charge in [-0.3, -0.25) is 9.79 Å². The summed E-state index contributed by atoms with van der Waals surface area (Å²) in [4.78, 5) is 15.7. The zero-order valence-corrected chi connectivity index (χ0v) is 16.8. The first-order valence-corrected chi connectivity index (χ1v) is 9.33. The molecular weight excluding hydrogens is 378 g/mol. The molecule has 8 heteroatoms. The molecule has 0 spiro atoms. The van der Waals surface area contributed by atoms with E-state index in [9.17, 15) is 13.6 Å². The Morgan fingerprint density at radius 2 is 1.93 bits per heavy atom. The van der Waals surface area contributed by atoms with E-state index in [2.05, 4.69) is 20.9 Å². The first-order valence-electron chi connectivity index (χ1n) is 9.33. The van der Waals surface area contributed by atoms with Gasteiger partial charge < -0.3 is 20.7 Å². The van der Waals surface area contributed by atoms with E-state index in [0.717, 1.165) is 17.7 Å². The highest BCUT2D eigenvalue weighted by molar-refractivity contribution is 5.80. The molecule has 0 fully saturated rings. The molecule has 0 heterocycles. The number of guanidine groups is 1. The molecule has 0 bridgehead atoms. The fourth-order valence-electron chi connectivity index (χ4n) is 2.59. The standard InChI is InChI=1S/C21H26F2N4O2/c1-4-25-20(28)13-29-17-7-5-6-15(10-17)12-26-21(24-3)27-14(2)16-8-9-18(22)19(23)11-16/h5-11,14H,4,12-13H2,1-3H3,(H,25,28)(H2,24,26,27). The summed E-state index contributed by atoms with van der Waals surface area (Å²) in [5.74, 6) is -0.836. The molecule has 2 rings (SSSR count). The van der Waals surface area contributed by atoms with Crippen molar-refractivity contribution < 1.29 is 18.3 Å². The highest BCUT2D eigenvalue weighted by atomic mass is 19.2. The quantitative estimate of drug-likeness (QED) is 0.467. The van der Waals surface area contributed by atoms with Gasteiger partial charge in [0.2, 0.25) is 0 Å². The van der Waals surface area contributed by atoms with Crippen LogP contribution in [-0.2, 0) is 11.3 Å². The molecule has 2 aromatic rings. The smallest absolute Gasteiger partial charge is 0.257 e. The zero-order valence-electron chi connectivity index (χ0n) is 16.8. The molecule has 1 atom stereocenters. The predicted molar refractivity (Wildman–Crippen MR) is 109 cm³/mol. The fourth-order valence-corrected chi connectivity index (χ4v) is 2.59. The number of nitrogens with zero attached hydrogens (tertiary/aromatic N) is 1. The maximum Gasteiger partial charge on any atom is 0.257 e. The highest BCUT2D eigenvalue weighted by Crippen LogP contribution is 2.16. The number of hydrogen-bond acceptors (Lipinski definition) is 3. The van der Waals surface area contributed by atoms with Gasteiger partial charge in [0, 0.05) is 20.1 Å². The van der Waals surface area contributed by atoms with Crippen molar-refractivity contribution in [2.24, 2.45) is 4.99 Å². The summed E-state index contributed by atoms with van der Waals surface area (Å²) in [6.07, 6.45) is 0. The van der Waals surface area contributed by atoms with Gasteiger partial charge in [-0.05, 0) is 49.2 Å². The van der Waals surface area contributed by atoms with Crippen LogP contribution in [0.5, 0.6) is 5.75 Å². The number of nitrogens with one attached hydrogen (secondary N) is 3. The number of amides is 1. The molecule has 0 aliphatic rings. The molecule has 2 aromatic carbocycles. The Bertz CT molecular complexity index is 858. The number of ether oxygens (including phenoxy) is 1. The molecule has 3 N–H and O–H groups in total. The number of carbonyl (C=O) groups is 1. The number of rotatable bonds is 8. The molecule has 1 unspecified atom stereocenters. The van der Waals surface area contributed by atoms with Gasteiger partial charge in [0.25, 0.3) is 5.91 Å². The normalized spacial score (nSPS) is 12.2. The number of likely N-dealkylation sites (N-methyl/N-ethyl adjacent to an activating group) is 1. The summed E-state index contributed by atoms with van der Waals surface area (Å²) in [5, 5.41) is 8.97. The van der Waals surface area contributed by atoms with Crippen molar-refractivity contribution in [2.45, 2.75) is 26.4 Å². The number of benzene rings is 2. The van der Waals surface area contributed by atoms with Gasteiger partial charge >= 0.3 is 0 Å². The summed E-state index contributed by atoms with van der Waals surface area (Å²) in [6.45, 7) is 4.65. The van der Waals surface area contributed by atoms with Crippen LogP contribution < -0.4 is 20.7 Å². The minimum absolute atomic E-state index is 0.0420. The Hall–Kier alpha value is -3.16. The maximum atomic E-state index is 13.4. The number of halogens is 2. The third-order valence-electron chi connectivity index (χ3n) is 4.12. The summed E-state index contributed by atoms with van der Waals surface area (Å²) in [6, 6.07) is 10.9. The molecule has 6 nitrogen and oxygen atoms in total. The summed E-state index contributed by atoms with van der Waals surface area (Å²) < 4.78 is 32.0. The van der Waals surface area contributed by atoms with E-state index in [1.165, 1.54) is 6.07 Å². The second kappa shape index (κ2) is 11.0. The third kappa shape index (κ3) is 7.06. The van der Waals surface area contributed by atoms with Crippen molar-refractivity contribution in [1.29, 1.82) is 0 Å². The van der Waals surface area contributed by atoms with E-state index in [-0.39, 0.29) is 18.6 Å². The summed E-state index contributed by atoms with van der Waals surface area (Å²) >= 11 is 0. The maximum absolute atomic E-state index is 13.4. The lowest BCUT2D eigenvalue weighted by molar-refractivity contribution is -0.122. The second-order valence-electron chi connectivity index (χ2n) is 6.35. The molecule has 0 aromatic heterocycles. The van der Waals surface area contributed by atoms with Gasteiger partial charge in [-0.1, -0.05) is 18.2 Å². The molecule has 156 valence electrons. The molecule has 0 radical (unpaired) electrons. The Labute approximate surface area is 169 Å². The van der Waals surface area contributed by atoms with Crippen LogP contribution in [0.2, 0.25) is 0 Å². The fraction of sp³-hybridized carbons (Fsp3) is 0.333. The van der Waals surface area contributed by atoms with Crippen LogP contribution in [0.4, 0.5) is 8.78 Å². The average Bonchev–Trinajstić information content (AvgIpc) is 2.72. The Morgan fingerprint density at radius 3 is 2.62 bits per heavy atom. The molecule has 0 saturated carbocycles. The summed E-state index contributed by atoms with van der Waals surface area (Å²) in [5.41, 5.74) is 1.54. The Kier molecular flexibility index (Phi) is 8.39. The first kappa shape index (κ1) is 22.1. The highest BCUT2D eigenvalue weighted by Gasteiger charge is 2.11. The zero-order chi connectivity index (χ0) is 21.2. The van der Waals surface area contributed by atoms with Crippen LogP contribution in [0.25, 0.3) is 0 Å². The Balaban J connectivity index is 1.91. The molecule has 0 saturated heterocycles. The van der Waals surface area contributed by atoms with Gasteiger partial charge in [-0.2, -0.15) is 0 Å². The van der Waals surface area contributed by atoms with E-state index in [0.29, 0.717) is 30.4 Å². The molecule has 29 heavy (non-hydrogen) atoms. The first-order chi connectivity index (χ1) is 13.9. The summed E-state index contributed by atoms with van der Waals surface area (Å²) in [7, 11) is 1.62. The molecular formula is C21H26F2N4O2. The average molecular weight is 404 g/mol. The van der Waals surface area contributed by atoms with Crippen LogP contribution in [0.3, 0.4) is 0 Å². The second-order valence-corrected chi connectivity index (χ2v) is 6.35. The van der Waals surface area contributed by atoms with Gasteiger partial charge in [-0.25, -0.2) is 8.78 Å². The van der Waals surface area contributed by atoms with Crippen molar-refractivity contribution in [2.75, 3.05) is 20.2 Å². The van der Waals surface area contributed by atoms with Crippen LogP contribution in [-0.4, -0.2) is 32.1 Å². The van der Waals surface area contributed by atoms with Crippen LogP contribution in [0.15, 0.2) is 47.5 Å². The monoisotopic (exact) mass is 404 g/mol.